The fourth-order valence-corrected chi connectivity index (χ4v) is 3.01. The van der Waals surface area contributed by atoms with Crippen LogP contribution in [0.2, 0.25) is 0 Å². The zero-order valence-corrected chi connectivity index (χ0v) is 15.2. The Kier molecular flexibility index (Phi) is 4.90. The van der Waals surface area contributed by atoms with Gasteiger partial charge in [0.2, 0.25) is 0 Å². The third kappa shape index (κ3) is 3.52. The molecular formula is C20H22N4O2. The summed E-state index contributed by atoms with van der Waals surface area (Å²) in [7, 11) is 0. The lowest BCUT2D eigenvalue weighted by molar-refractivity contribution is -0.116. The van der Waals surface area contributed by atoms with Crippen LogP contribution in [-0.2, 0) is 4.79 Å². The minimum absolute atomic E-state index is 0.0118. The van der Waals surface area contributed by atoms with Crippen molar-refractivity contribution in [3.63, 3.8) is 0 Å². The lowest BCUT2D eigenvalue weighted by Crippen LogP contribution is -2.31. The maximum Gasteiger partial charge on any atom is 0.270 e. The van der Waals surface area contributed by atoms with Gasteiger partial charge in [-0.3, -0.25) is 14.3 Å². The third-order valence-electron chi connectivity index (χ3n) is 4.42. The molecule has 0 spiro atoms. The summed E-state index contributed by atoms with van der Waals surface area (Å²) in [4.78, 5) is 24.1. The van der Waals surface area contributed by atoms with Gasteiger partial charge in [0.05, 0.1) is 23.9 Å². The molecule has 6 heteroatoms. The third-order valence-corrected chi connectivity index (χ3v) is 4.42. The smallest absolute Gasteiger partial charge is 0.270 e. The van der Waals surface area contributed by atoms with Gasteiger partial charge in [-0.2, -0.15) is 10.4 Å². The second kappa shape index (κ2) is 7.12. The van der Waals surface area contributed by atoms with Crippen LogP contribution in [0.1, 0.15) is 67.2 Å². The van der Waals surface area contributed by atoms with Crippen LogP contribution >= 0.6 is 0 Å². The Morgan fingerprint density at radius 2 is 1.96 bits per heavy atom. The van der Waals surface area contributed by atoms with E-state index in [1.807, 2.05) is 26.0 Å². The maximum atomic E-state index is 12.8. The lowest BCUT2D eigenvalue weighted by atomic mass is 10.0. The molecule has 1 N–H and O–H groups in total. The summed E-state index contributed by atoms with van der Waals surface area (Å²) in [6.45, 7) is 5.42. The number of nitrogens with zero attached hydrogens (tertiary/aromatic N) is 3. The van der Waals surface area contributed by atoms with Crippen molar-refractivity contribution in [1.82, 2.24) is 15.1 Å². The summed E-state index contributed by atoms with van der Waals surface area (Å²) in [6, 6.07) is 9.38. The molecule has 1 aromatic carbocycles. The summed E-state index contributed by atoms with van der Waals surface area (Å²) in [6.07, 6.45) is 2.06. The molecular weight excluding hydrogens is 328 g/mol. The standard InChI is InChI=1S/C20H22N4O2/c1-12(2)24-19(20(26)22-11-13(3)25)17(15-8-9-15)18(23-24)16-6-4-14(10-21)5-7-16/h4-7,12,15H,8-9,11H2,1-3H3,(H,22,26). The number of carbonyl (C=O) groups is 2. The summed E-state index contributed by atoms with van der Waals surface area (Å²) in [5.41, 5.74) is 3.77. The molecule has 1 saturated carbocycles. The van der Waals surface area contributed by atoms with E-state index < -0.39 is 0 Å². The van der Waals surface area contributed by atoms with Crippen molar-refractivity contribution in [1.29, 1.82) is 5.26 Å². The molecule has 134 valence electrons. The number of carbonyl (C=O) groups excluding carboxylic acids is 2. The summed E-state index contributed by atoms with van der Waals surface area (Å²) >= 11 is 0. The van der Waals surface area contributed by atoms with Gasteiger partial charge >= 0.3 is 0 Å². The first-order chi connectivity index (χ1) is 12.4. The number of nitrogens with one attached hydrogen (secondary N) is 1. The normalized spacial score (nSPS) is 13.5. The second-order valence-corrected chi connectivity index (χ2v) is 7.00. The van der Waals surface area contributed by atoms with E-state index in [2.05, 4.69) is 11.4 Å². The zero-order valence-electron chi connectivity index (χ0n) is 15.2. The first-order valence-electron chi connectivity index (χ1n) is 8.83. The van der Waals surface area contributed by atoms with Crippen molar-refractivity contribution >= 4 is 11.7 Å². The molecule has 0 aliphatic heterocycles. The van der Waals surface area contributed by atoms with E-state index in [1.165, 1.54) is 6.92 Å². The molecule has 0 atom stereocenters. The molecule has 1 amide bonds. The number of nitriles is 1. The first-order valence-corrected chi connectivity index (χ1v) is 8.83. The summed E-state index contributed by atoms with van der Waals surface area (Å²) in [5.74, 6) is -0.0383. The van der Waals surface area contributed by atoms with Gasteiger partial charge in [0, 0.05) is 17.2 Å². The molecule has 0 bridgehead atoms. The molecule has 1 heterocycles. The number of aromatic nitrogens is 2. The number of ketones is 1. The molecule has 0 unspecified atom stereocenters. The van der Waals surface area contributed by atoms with Crippen LogP contribution in [0.3, 0.4) is 0 Å². The molecule has 2 aromatic rings. The highest BCUT2D eigenvalue weighted by atomic mass is 16.2. The summed E-state index contributed by atoms with van der Waals surface area (Å²) < 4.78 is 1.75. The highest BCUT2D eigenvalue weighted by Crippen LogP contribution is 2.46. The topological polar surface area (TPSA) is 87.8 Å². The molecule has 0 saturated heterocycles. The highest BCUT2D eigenvalue weighted by Gasteiger charge is 2.35. The molecule has 1 aliphatic rings. The van der Waals surface area contributed by atoms with Gasteiger partial charge in [0.1, 0.15) is 11.5 Å². The van der Waals surface area contributed by atoms with Crippen LogP contribution < -0.4 is 5.32 Å². The Morgan fingerprint density at radius 1 is 1.31 bits per heavy atom. The number of Topliss-reactive ketones (excluding diaryl/α,β-unsaturated/α-hetero) is 1. The fraction of sp³-hybridized carbons (Fsp3) is 0.400. The number of benzene rings is 1. The first kappa shape index (κ1) is 17.9. The minimum Gasteiger partial charge on any atom is -0.344 e. The average molecular weight is 350 g/mol. The Labute approximate surface area is 152 Å². The average Bonchev–Trinajstić information content (AvgIpc) is 3.38. The zero-order chi connectivity index (χ0) is 18.8. The van der Waals surface area contributed by atoms with E-state index >= 15 is 0 Å². The lowest BCUT2D eigenvalue weighted by Gasteiger charge is -2.12. The van der Waals surface area contributed by atoms with Gasteiger partial charge in [-0.05, 0) is 51.7 Å². The van der Waals surface area contributed by atoms with Crippen molar-refractivity contribution in [3.05, 3.63) is 41.1 Å². The van der Waals surface area contributed by atoms with Crippen LogP contribution in [0.15, 0.2) is 24.3 Å². The van der Waals surface area contributed by atoms with Crippen LogP contribution in [0.4, 0.5) is 0 Å². The van der Waals surface area contributed by atoms with Gasteiger partial charge in [0.15, 0.2) is 0 Å². The molecule has 6 nitrogen and oxygen atoms in total. The van der Waals surface area contributed by atoms with Crippen LogP contribution in [-0.4, -0.2) is 28.0 Å². The van der Waals surface area contributed by atoms with Gasteiger partial charge < -0.3 is 5.32 Å². The number of hydrogen-bond acceptors (Lipinski definition) is 4. The number of amides is 1. The van der Waals surface area contributed by atoms with E-state index in [1.54, 1.807) is 16.8 Å². The van der Waals surface area contributed by atoms with Crippen molar-refractivity contribution < 1.29 is 9.59 Å². The predicted molar refractivity (Wildman–Crippen MR) is 97.8 cm³/mol. The van der Waals surface area contributed by atoms with E-state index in [4.69, 9.17) is 10.4 Å². The van der Waals surface area contributed by atoms with Crippen LogP contribution in [0.5, 0.6) is 0 Å². The van der Waals surface area contributed by atoms with E-state index in [-0.39, 0.29) is 24.3 Å². The van der Waals surface area contributed by atoms with Crippen molar-refractivity contribution in [2.75, 3.05) is 6.54 Å². The molecule has 1 aliphatic carbocycles. The predicted octanol–water partition coefficient (Wildman–Crippen LogP) is 3.20. The Balaban J connectivity index is 2.10. The SMILES string of the molecule is CC(=O)CNC(=O)c1c(C2CC2)c(-c2ccc(C#N)cc2)nn1C(C)C. The van der Waals surface area contributed by atoms with Gasteiger partial charge in [-0.1, -0.05) is 12.1 Å². The largest absolute Gasteiger partial charge is 0.344 e. The van der Waals surface area contributed by atoms with Crippen molar-refractivity contribution in [2.45, 2.75) is 45.6 Å². The van der Waals surface area contributed by atoms with Crippen LogP contribution in [0, 0.1) is 11.3 Å². The second-order valence-electron chi connectivity index (χ2n) is 7.00. The van der Waals surface area contributed by atoms with Gasteiger partial charge in [0.25, 0.3) is 5.91 Å². The molecule has 1 aromatic heterocycles. The number of rotatable bonds is 6. The van der Waals surface area contributed by atoms with Crippen LogP contribution in [0.25, 0.3) is 11.3 Å². The fourth-order valence-electron chi connectivity index (χ4n) is 3.01. The minimum atomic E-state index is -0.261. The van der Waals surface area contributed by atoms with E-state index in [0.717, 1.165) is 29.7 Å². The molecule has 26 heavy (non-hydrogen) atoms. The maximum absolute atomic E-state index is 12.8. The monoisotopic (exact) mass is 350 g/mol. The van der Waals surface area contributed by atoms with Crippen molar-refractivity contribution in [2.24, 2.45) is 0 Å². The van der Waals surface area contributed by atoms with E-state index in [0.29, 0.717) is 17.2 Å². The quantitative estimate of drug-likeness (QED) is 0.866. The van der Waals surface area contributed by atoms with Gasteiger partial charge in [-0.15, -0.1) is 0 Å². The molecule has 1 fully saturated rings. The Morgan fingerprint density at radius 3 is 2.46 bits per heavy atom. The van der Waals surface area contributed by atoms with Gasteiger partial charge in [-0.25, -0.2) is 0 Å². The van der Waals surface area contributed by atoms with Crippen molar-refractivity contribution in [3.8, 4) is 17.3 Å². The molecule has 3 rings (SSSR count). The Hall–Kier alpha value is -2.94. The Bertz CT molecular complexity index is 884. The molecule has 0 radical (unpaired) electrons. The summed E-state index contributed by atoms with van der Waals surface area (Å²) in [5, 5.41) is 16.4. The highest BCUT2D eigenvalue weighted by molar-refractivity contribution is 5.98. The number of hydrogen-bond donors (Lipinski definition) is 1. The van der Waals surface area contributed by atoms with E-state index in [9.17, 15) is 9.59 Å².